The minimum absolute atomic E-state index is 0.160. The van der Waals surface area contributed by atoms with Crippen molar-refractivity contribution in [3.8, 4) is 17.2 Å². The predicted molar refractivity (Wildman–Crippen MR) is 114 cm³/mol. The van der Waals surface area contributed by atoms with Gasteiger partial charge in [0.2, 0.25) is 17.6 Å². The first-order chi connectivity index (χ1) is 14.9. The number of nitrogens with one attached hydrogen (secondary N) is 1. The van der Waals surface area contributed by atoms with Crippen molar-refractivity contribution in [3.63, 3.8) is 0 Å². The Morgan fingerprint density at radius 2 is 1.77 bits per heavy atom. The number of likely N-dealkylation sites (N-methyl/N-ethyl adjacent to an activating group) is 1. The standard InChI is InChI=1S/C21H30N4O6/c1-6-31-20(27)15-16(13-7-8-14(28-3)18(30-5)17(13)29-4)22-21(23-19(15)26)25-11-9-24(2)10-12-25/h7-8,15-16H,6,9-12H2,1-5H3,(H,22,23,26)/t15-,16-/m1/s1. The molecular weight excluding hydrogens is 404 g/mol. The topological polar surface area (TPSA) is 102 Å². The number of hydrogen-bond acceptors (Lipinski definition) is 9. The largest absolute Gasteiger partial charge is 0.493 e. The van der Waals surface area contributed by atoms with Gasteiger partial charge in [-0.3, -0.25) is 14.9 Å². The van der Waals surface area contributed by atoms with Gasteiger partial charge in [0.25, 0.3) is 0 Å². The van der Waals surface area contributed by atoms with Gasteiger partial charge in [0.15, 0.2) is 17.4 Å². The molecule has 2 aliphatic rings. The average Bonchev–Trinajstić information content (AvgIpc) is 2.77. The number of benzene rings is 1. The van der Waals surface area contributed by atoms with E-state index in [9.17, 15) is 9.59 Å². The number of amides is 1. The predicted octanol–water partition coefficient (Wildman–Crippen LogP) is 0.666. The number of aliphatic imine (C=N–C) groups is 1. The van der Waals surface area contributed by atoms with Gasteiger partial charge in [-0.2, -0.15) is 0 Å². The summed E-state index contributed by atoms with van der Waals surface area (Å²) in [7, 11) is 6.57. The number of hydrogen-bond donors (Lipinski definition) is 1. The van der Waals surface area contributed by atoms with Crippen molar-refractivity contribution < 1.29 is 28.5 Å². The first kappa shape index (κ1) is 22.7. The Labute approximate surface area is 182 Å². The summed E-state index contributed by atoms with van der Waals surface area (Å²) in [5.41, 5.74) is 0.541. The molecule has 0 spiro atoms. The molecular formula is C21H30N4O6. The van der Waals surface area contributed by atoms with Crippen LogP contribution in [-0.4, -0.2) is 88.8 Å². The van der Waals surface area contributed by atoms with Crippen LogP contribution in [0.25, 0.3) is 0 Å². The lowest BCUT2D eigenvalue weighted by Gasteiger charge is -2.38. The Morgan fingerprint density at radius 3 is 2.35 bits per heavy atom. The van der Waals surface area contributed by atoms with Crippen molar-refractivity contribution in [1.82, 2.24) is 15.1 Å². The van der Waals surface area contributed by atoms with Crippen LogP contribution in [0.4, 0.5) is 0 Å². The summed E-state index contributed by atoms with van der Waals surface area (Å²) in [6.07, 6.45) is 0. The number of ether oxygens (including phenoxy) is 4. The quantitative estimate of drug-likeness (QED) is 0.515. The van der Waals surface area contributed by atoms with Gasteiger partial charge >= 0.3 is 5.97 Å². The highest BCUT2D eigenvalue weighted by atomic mass is 16.5. The van der Waals surface area contributed by atoms with E-state index in [4.69, 9.17) is 23.9 Å². The van der Waals surface area contributed by atoms with Crippen LogP contribution in [-0.2, 0) is 14.3 Å². The Hall–Kier alpha value is -3.01. The zero-order valence-electron chi connectivity index (χ0n) is 18.6. The van der Waals surface area contributed by atoms with E-state index < -0.39 is 23.8 Å². The van der Waals surface area contributed by atoms with Crippen molar-refractivity contribution in [2.45, 2.75) is 13.0 Å². The van der Waals surface area contributed by atoms with Crippen molar-refractivity contribution in [1.29, 1.82) is 0 Å². The number of nitrogens with zero attached hydrogens (tertiary/aromatic N) is 3. The van der Waals surface area contributed by atoms with Crippen LogP contribution in [0, 0.1) is 5.92 Å². The monoisotopic (exact) mass is 434 g/mol. The third-order valence-corrected chi connectivity index (χ3v) is 5.49. The van der Waals surface area contributed by atoms with Gasteiger partial charge in [0.05, 0.1) is 27.9 Å². The van der Waals surface area contributed by atoms with Crippen LogP contribution in [0.1, 0.15) is 18.5 Å². The van der Waals surface area contributed by atoms with Crippen LogP contribution in [0.2, 0.25) is 0 Å². The summed E-state index contributed by atoms with van der Waals surface area (Å²) in [6.45, 7) is 4.99. The molecule has 0 unspecified atom stereocenters. The van der Waals surface area contributed by atoms with Crippen LogP contribution >= 0.6 is 0 Å². The Bertz CT molecular complexity index is 851. The van der Waals surface area contributed by atoms with Crippen LogP contribution in [0.3, 0.4) is 0 Å². The highest BCUT2D eigenvalue weighted by Crippen LogP contribution is 2.45. The molecule has 31 heavy (non-hydrogen) atoms. The highest BCUT2D eigenvalue weighted by molar-refractivity contribution is 6.08. The molecule has 1 saturated heterocycles. The molecule has 3 rings (SSSR count). The fourth-order valence-corrected chi connectivity index (χ4v) is 3.82. The Morgan fingerprint density at radius 1 is 1.10 bits per heavy atom. The normalized spacial score (nSPS) is 21.8. The van der Waals surface area contributed by atoms with E-state index in [0.717, 1.165) is 26.2 Å². The maximum absolute atomic E-state index is 13.1. The van der Waals surface area contributed by atoms with Crippen LogP contribution < -0.4 is 19.5 Å². The second kappa shape index (κ2) is 9.86. The van der Waals surface area contributed by atoms with E-state index in [2.05, 4.69) is 10.2 Å². The zero-order valence-corrected chi connectivity index (χ0v) is 18.6. The molecule has 2 atom stereocenters. The van der Waals surface area contributed by atoms with Crippen molar-refractivity contribution in [2.24, 2.45) is 10.9 Å². The third kappa shape index (κ3) is 4.53. The first-order valence-electron chi connectivity index (χ1n) is 10.2. The van der Waals surface area contributed by atoms with Gasteiger partial charge in [-0.05, 0) is 26.1 Å². The van der Waals surface area contributed by atoms with E-state index in [1.165, 1.54) is 21.3 Å². The maximum Gasteiger partial charge on any atom is 0.321 e. The minimum Gasteiger partial charge on any atom is -0.493 e. The molecule has 0 saturated carbocycles. The number of guanidine groups is 1. The molecule has 2 aliphatic heterocycles. The number of carbonyl (C=O) groups excluding carboxylic acids is 2. The second-order valence-corrected chi connectivity index (χ2v) is 7.33. The summed E-state index contributed by atoms with van der Waals surface area (Å²) in [6, 6.07) is 2.61. The number of methoxy groups -OCH3 is 3. The number of piperazine rings is 1. The van der Waals surface area contributed by atoms with E-state index in [1.807, 2.05) is 11.9 Å². The van der Waals surface area contributed by atoms with Gasteiger partial charge < -0.3 is 28.7 Å². The van der Waals surface area contributed by atoms with Crippen molar-refractivity contribution in [3.05, 3.63) is 17.7 Å². The van der Waals surface area contributed by atoms with E-state index in [-0.39, 0.29) is 6.61 Å². The lowest BCUT2D eigenvalue weighted by Crippen LogP contribution is -2.56. The van der Waals surface area contributed by atoms with Gasteiger partial charge in [0, 0.05) is 31.7 Å². The summed E-state index contributed by atoms with van der Waals surface area (Å²) < 4.78 is 21.6. The number of rotatable bonds is 6. The minimum atomic E-state index is -1.15. The fraction of sp³-hybridized carbons (Fsp3) is 0.571. The molecule has 1 amide bonds. The number of carbonyl (C=O) groups is 2. The van der Waals surface area contributed by atoms with Gasteiger partial charge in [-0.1, -0.05) is 0 Å². The lowest BCUT2D eigenvalue weighted by atomic mass is 9.90. The van der Waals surface area contributed by atoms with E-state index in [0.29, 0.717) is 28.8 Å². The summed E-state index contributed by atoms with van der Waals surface area (Å²) in [5, 5.41) is 2.80. The molecule has 1 aromatic carbocycles. The van der Waals surface area contributed by atoms with Crippen molar-refractivity contribution >= 4 is 17.8 Å². The molecule has 2 heterocycles. The Balaban J connectivity index is 2.10. The molecule has 170 valence electrons. The average molecular weight is 434 g/mol. The highest BCUT2D eigenvalue weighted by Gasteiger charge is 2.44. The molecule has 0 aromatic heterocycles. The molecule has 10 heteroatoms. The van der Waals surface area contributed by atoms with Gasteiger partial charge in [-0.25, -0.2) is 4.99 Å². The molecule has 0 bridgehead atoms. The SMILES string of the molecule is CCOC(=O)[C@H]1C(=O)NC(N2CCN(C)CC2)=N[C@@H]1c1ccc(OC)c(OC)c1OC. The van der Waals surface area contributed by atoms with E-state index in [1.54, 1.807) is 19.1 Å². The fourth-order valence-electron chi connectivity index (χ4n) is 3.82. The first-order valence-corrected chi connectivity index (χ1v) is 10.2. The smallest absolute Gasteiger partial charge is 0.321 e. The lowest BCUT2D eigenvalue weighted by molar-refractivity contribution is -0.153. The summed E-state index contributed by atoms with van der Waals surface area (Å²) >= 11 is 0. The molecule has 1 aromatic rings. The molecule has 0 aliphatic carbocycles. The molecule has 1 N–H and O–H groups in total. The number of esters is 1. The summed E-state index contributed by atoms with van der Waals surface area (Å²) in [4.78, 5) is 34.8. The maximum atomic E-state index is 13.1. The molecule has 10 nitrogen and oxygen atoms in total. The Kier molecular flexibility index (Phi) is 7.21. The van der Waals surface area contributed by atoms with Gasteiger partial charge in [-0.15, -0.1) is 0 Å². The molecule has 0 radical (unpaired) electrons. The zero-order chi connectivity index (χ0) is 22.5. The van der Waals surface area contributed by atoms with E-state index >= 15 is 0 Å². The van der Waals surface area contributed by atoms with Gasteiger partial charge in [0.1, 0.15) is 6.04 Å². The van der Waals surface area contributed by atoms with Crippen LogP contribution in [0.15, 0.2) is 17.1 Å². The third-order valence-electron chi connectivity index (χ3n) is 5.49. The summed E-state index contributed by atoms with van der Waals surface area (Å²) in [5.74, 6) is -0.597. The van der Waals surface area contributed by atoms with Crippen molar-refractivity contribution in [2.75, 3.05) is 61.2 Å². The van der Waals surface area contributed by atoms with Crippen LogP contribution in [0.5, 0.6) is 17.2 Å². The molecule has 1 fully saturated rings. The second-order valence-electron chi connectivity index (χ2n) is 7.33.